The number of imidazole rings is 1. The number of halogens is 1. The Morgan fingerprint density at radius 3 is 2.89 bits per heavy atom. The van der Waals surface area contributed by atoms with Gasteiger partial charge in [0.1, 0.15) is 12.2 Å². The fourth-order valence-corrected chi connectivity index (χ4v) is 2.10. The largest absolute Gasteiger partial charge is 0.309 e. The maximum absolute atomic E-state index is 12.0. The summed E-state index contributed by atoms with van der Waals surface area (Å²) in [6.07, 6.45) is 1.55. The minimum atomic E-state index is -0.227. The summed E-state index contributed by atoms with van der Waals surface area (Å²) in [4.78, 5) is 22.9. The van der Waals surface area contributed by atoms with Crippen molar-refractivity contribution in [1.29, 1.82) is 0 Å². The predicted molar refractivity (Wildman–Crippen MR) is 69.2 cm³/mol. The summed E-state index contributed by atoms with van der Waals surface area (Å²) in [5, 5.41) is 0.553. The number of aromatic amines is 1. The van der Waals surface area contributed by atoms with Gasteiger partial charge in [-0.1, -0.05) is 23.7 Å². The van der Waals surface area contributed by atoms with E-state index in [4.69, 9.17) is 11.6 Å². The number of benzene rings is 1. The highest BCUT2D eigenvalue weighted by atomic mass is 35.5. The van der Waals surface area contributed by atoms with E-state index in [0.29, 0.717) is 27.7 Å². The number of hydrogen-bond acceptors (Lipinski definition) is 3. The third kappa shape index (κ3) is 1.60. The Balaban J connectivity index is 2.39. The summed E-state index contributed by atoms with van der Waals surface area (Å²) >= 11 is 6.12. The topological polar surface area (TPSA) is 63.6 Å². The van der Waals surface area contributed by atoms with Gasteiger partial charge in [-0.15, -0.1) is 0 Å². The summed E-state index contributed by atoms with van der Waals surface area (Å²) in [7, 11) is 0. The molecule has 0 unspecified atom stereocenters. The average molecular weight is 261 g/mol. The summed E-state index contributed by atoms with van der Waals surface area (Å²) in [5.74, 6) is 0.539. The molecule has 6 heteroatoms. The van der Waals surface area contributed by atoms with Gasteiger partial charge in [-0.25, -0.2) is 9.97 Å². The van der Waals surface area contributed by atoms with Crippen LogP contribution in [0.25, 0.3) is 16.9 Å². The number of H-pyrrole nitrogens is 1. The van der Waals surface area contributed by atoms with E-state index in [0.717, 1.165) is 0 Å². The summed E-state index contributed by atoms with van der Waals surface area (Å²) < 4.78 is 1.64. The first-order chi connectivity index (χ1) is 8.66. The molecular weight excluding hydrogens is 252 g/mol. The smallest absolute Gasteiger partial charge is 0.277 e. The molecule has 0 atom stereocenters. The van der Waals surface area contributed by atoms with E-state index in [-0.39, 0.29) is 5.56 Å². The minimum absolute atomic E-state index is 0.227. The number of aromatic nitrogens is 4. The lowest BCUT2D eigenvalue weighted by atomic mass is 10.3. The second kappa shape index (κ2) is 3.96. The van der Waals surface area contributed by atoms with Crippen molar-refractivity contribution in [3.05, 3.63) is 51.8 Å². The summed E-state index contributed by atoms with van der Waals surface area (Å²) in [5.41, 5.74) is 1.29. The van der Waals surface area contributed by atoms with Crippen LogP contribution in [0.4, 0.5) is 0 Å². The quantitative estimate of drug-likeness (QED) is 0.728. The molecule has 0 aliphatic rings. The van der Waals surface area contributed by atoms with Crippen molar-refractivity contribution < 1.29 is 0 Å². The molecule has 2 heterocycles. The van der Waals surface area contributed by atoms with Gasteiger partial charge < -0.3 is 4.98 Å². The Bertz CT molecular complexity index is 790. The zero-order valence-corrected chi connectivity index (χ0v) is 10.3. The molecule has 0 bridgehead atoms. The number of nitrogens with one attached hydrogen (secondary N) is 1. The predicted octanol–water partition coefficient (Wildman–Crippen LogP) is 2.07. The fourth-order valence-electron chi connectivity index (χ4n) is 1.87. The van der Waals surface area contributed by atoms with Gasteiger partial charge in [0, 0.05) is 0 Å². The van der Waals surface area contributed by atoms with Gasteiger partial charge in [0.05, 0.1) is 10.7 Å². The first kappa shape index (κ1) is 11.0. The van der Waals surface area contributed by atoms with Crippen LogP contribution in [0.1, 0.15) is 5.82 Å². The molecule has 0 aliphatic heterocycles. The Morgan fingerprint density at radius 1 is 1.33 bits per heavy atom. The first-order valence-electron chi connectivity index (χ1n) is 5.35. The molecule has 3 rings (SSSR count). The van der Waals surface area contributed by atoms with Gasteiger partial charge in [-0.05, 0) is 19.1 Å². The molecule has 0 saturated heterocycles. The summed E-state index contributed by atoms with van der Waals surface area (Å²) in [6.45, 7) is 1.72. The van der Waals surface area contributed by atoms with Crippen LogP contribution in [-0.2, 0) is 0 Å². The van der Waals surface area contributed by atoms with Crippen LogP contribution < -0.4 is 5.56 Å². The normalized spacial score (nSPS) is 11.0. The number of aryl methyl sites for hydroxylation is 1. The van der Waals surface area contributed by atoms with Crippen LogP contribution in [0.5, 0.6) is 0 Å². The second-order valence-corrected chi connectivity index (χ2v) is 4.30. The van der Waals surface area contributed by atoms with E-state index >= 15 is 0 Å². The van der Waals surface area contributed by atoms with Gasteiger partial charge in [-0.2, -0.15) is 0 Å². The lowest BCUT2D eigenvalue weighted by Crippen LogP contribution is -2.12. The highest BCUT2D eigenvalue weighted by molar-refractivity contribution is 6.32. The molecule has 0 fully saturated rings. The Labute approximate surface area is 107 Å². The molecule has 0 saturated carbocycles. The van der Waals surface area contributed by atoms with Gasteiger partial charge in [0.25, 0.3) is 5.56 Å². The van der Waals surface area contributed by atoms with Crippen molar-refractivity contribution in [2.75, 3.05) is 0 Å². The maximum atomic E-state index is 12.0. The number of rotatable bonds is 1. The minimum Gasteiger partial charge on any atom is -0.309 e. The molecule has 90 valence electrons. The maximum Gasteiger partial charge on any atom is 0.277 e. The van der Waals surface area contributed by atoms with Gasteiger partial charge in [0.15, 0.2) is 11.2 Å². The average Bonchev–Trinajstić information content (AvgIpc) is 2.73. The Morgan fingerprint density at radius 2 is 2.11 bits per heavy atom. The third-order valence-corrected chi connectivity index (χ3v) is 2.96. The molecule has 0 aliphatic carbocycles. The van der Waals surface area contributed by atoms with Crippen LogP contribution in [0.3, 0.4) is 0 Å². The number of hydrogen-bond donors (Lipinski definition) is 1. The zero-order chi connectivity index (χ0) is 12.7. The van der Waals surface area contributed by atoms with E-state index in [1.54, 1.807) is 23.9 Å². The summed E-state index contributed by atoms with van der Waals surface area (Å²) in [6, 6.07) is 7.27. The van der Waals surface area contributed by atoms with Crippen molar-refractivity contribution in [1.82, 2.24) is 19.5 Å². The van der Waals surface area contributed by atoms with Crippen LogP contribution >= 0.6 is 11.6 Å². The third-order valence-electron chi connectivity index (χ3n) is 2.64. The van der Waals surface area contributed by atoms with Crippen molar-refractivity contribution in [3.8, 4) is 5.69 Å². The van der Waals surface area contributed by atoms with Crippen LogP contribution in [-0.4, -0.2) is 19.5 Å². The molecule has 0 spiro atoms. The van der Waals surface area contributed by atoms with Gasteiger partial charge in [0.2, 0.25) is 0 Å². The molecule has 5 nitrogen and oxygen atoms in total. The molecular formula is C12H9ClN4O. The molecule has 1 aromatic carbocycles. The number of para-hydroxylation sites is 1. The fraction of sp³-hybridized carbons (Fsp3) is 0.0833. The Kier molecular flexibility index (Phi) is 2.41. The van der Waals surface area contributed by atoms with E-state index < -0.39 is 0 Å². The standard InChI is InChI=1S/C12H9ClN4O/c1-7-15-11-10(12(18)16-7)17(6-14-11)9-5-3-2-4-8(9)13/h2-6H,1H3,(H,15,16,18). The molecule has 0 amide bonds. The van der Waals surface area contributed by atoms with Crippen LogP contribution in [0.15, 0.2) is 35.4 Å². The van der Waals surface area contributed by atoms with E-state index in [9.17, 15) is 4.79 Å². The highest BCUT2D eigenvalue weighted by Gasteiger charge is 2.12. The monoisotopic (exact) mass is 260 g/mol. The number of nitrogens with zero attached hydrogens (tertiary/aromatic N) is 3. The molecule has 1 N–H and O–H groups in total. The van der Waals surface area contributed by atoms with Crippen molar-refractivity contribution in [2.24, 2.45) is 0 Å². The van der Waals surface area contributed by atoms with Crippen molar-refractivity contribution >= 4 is 22.8 Å². The van der Waals surface area contributed by atoms with Gasteiger partial charge >= 0.3 is 0 Å². The Hall–Kier alpha value is -2.14. The van der Waals surface area contributed by atoms with Gasteiger partial charge in [-0.3, -0.25) is 9.36 Å². The highest BCUT2D eigenvalue weighted by Crippen LogP contribution is 2.21. The van der Waals surface area contributed by atoms with Crippen LogP contribution in [0.2, 0.25) is 5.02 Å². The van der Waals surface area contributed by atoms with E-state index in [2.05, 4.69) is 15.0 Å². The molecule has 3 aromatic rings. The molecule has 2 aromatic heterocycles. The lowest BCUT2D eigenvalue weighted by Gasteiger charge is -2.05. The van der Waals surface area contributed by atoms with Crippen molar-refractivity contribution in [2.45, 2.75) is 6.92 Å². The first-order valence-corrected chi connectivity index (χ1v) is 5.73. The van der Waals surface area contributed by atoms with E-state index in [1.165, 1.54) is 0 Å². The van der Waals surface area contributed by atoms with E-state index in [1.807, 2.05) is 18.2 Å². The molecule has 0 radical (unpaired) electrons. The zero-order valence-electron chi connectivity index (χ0n) is 9.51. The molecule has 18 heavy (non-hydrogen) atoms. The van der Waals surface area contributed by atoms with Crippen molar-refractivity contribution in [3.63, 3.8) is 0 Å². The second-order valence-electron chi connectivity index (χ2n) is 3.89. The lowest BCUT2D eigenvalue weighted by molar-refractivity contribution is 1.03. The van der Waals surface area contributed by atoms with Crippen LogP contribution in [0, 0.1) is 6.92 Å². The SMILES string of the molecule is Cc1nc2ncn(-c3ccccc3Cl)c2c(=O)[nH]1. The number of fused-ring (bicyclic) bond motifs is 1.